The molecule has 1 aromatic heterocycles. The number of nitrogens with zero attached hydrogens (tertiary/aromatic N) is 2. The minimum absolute atomic E-state index is 0.0706. The molecule has 206 valence electrons. The van der Waals surface area contributed by atoms with E-state index in [2.05, 4.69) is 9.44 Å². The number of piperidine rings is 1. The smallest absolute Gasteiger partial charge is 0.242 e. The number of benzene rings is 1. The molecule has 38 heavy (non-hydrogen) atoms. The molecule has 0 saturated carbocycles. The average Bonchev–Trinajstić information content (AvgIpc) is 3.53. The Labute approximate surface area is 231 Å². The van der Waals surface area contributed by atoms with Crippen LogP contribution >= 0.6 is 22.9 Å². The predicted octanol–water partition coefficient (Wildman–Crippen LogP) is 2.25. The highest BCUT2D eigenvalue weighted by Gasteiger charge is 2.35. The van der Waals surface area contributed by atoms with Crippen LogP contribution in [0.4, 0.5) is 0 Å². The van der Waals surface area contributed by atoms with E-state index in [1.807, 2.05) is 0 Å². The molecule has 0 bridgehead atoms. The van der Waals surface area contributed by atoms with Crippen molar-refractivity contribution < 1.29 is 26.4 Å². The molecule has 2 atom stereocenters. The lowest BCUT2D eigenvalue weighted by Crippen LogP contribution is -2.55. The first-order valence-corrected chi connectivity index (χ1v) is 16.4. The van der Waals surface area contributed by atoms with Crippen molar-refractivity contribution in [2.24, 2.45) is 0 Å². The molecule has 2 fully saturated rings. The number of halogens is 1. The quantitative estimate of drug-likeness (QED) is 0.430. The van der Waals surface area contributed by atoms with Gasteiger partial charge in [0, 0.05) is 36.0 Å². The van der Waals surface area contributed by atoms with Crippen molar-refractivity contribution in [1.29, 1.82) is 0 Å². The van der Waals surface area contributed by atoms with Gasteiger partial charge in [0.1, 0.15) is 6.04 Å². The first-order chi connectivity index (χ1) is 18.0. The molecule has 2 aliphatic rings. The van der Waals surface area contributed by atoms with Gasteiger partial charge in [0.05, 0.1) is 15.8 Å². The zero-order chi connectivity index (χ0) is 27.3. The summed E-state index contributed by atoms with van der Waals surface area (Å²) in [6.07, 6.45) is 3.64. The monoisotopic (exact) mass is 600 g/mol. The lowest BCUT2D eigenvalue weighted by Gasteiger charge is -2.34. The van der Waals surface area contributed by atoms with Crippen molar-refractivity contribution in [2.75, 3.05) is 26.2 Å². The fourth-order valence-corrected chi connectivity index (χ4v) is 7.70. The maximum Gasteiger partial charge on any atom is 0.242 e. The van der Waals surface area contributed by atoms with E-state index in [1.165, 1.54) is 34.4 Å². The highest BCUT2D eigenvalue weighted by atomic mass is 35.5. The van der Waals surface area contributed by atoms with Gasteiger partial charge in [-0.3, -0.25) is 9.59 Å². The Bertz CT molecular complexity index is 1400. The van der Waals surface area contributed by atoms with Gasteiger partial charge in [0.25, 0.3) is 0 Å². The second-order valence-electron chi connectivity index (χ2n) is 9.11. The number of hydrogen-bond acceptors (Lipinski definition) is 7. The molecular formula is C24H29ClN4O6S3. The van der Waals surface area contributed by atoms with Crippen LogP contribution in [0.5, 0.6) is 0 Å². The highest BCUT2D eigenvalue weighted by Crippen LogP contribution is 2.23. The van der Waals surface area contributed by atoms with E-state index in [1.54, 1.807) is 35.2 Å². The molecule has 2 amide bonds. The standard InChI is InChI=1S/C24H29ClN4O6S3/c25-22-11-10-19(36-22)12-15-37(32,33)27-21-9-5-13-28(24(21)31)17-23(30)29-14-4-6-18(29)16-26-38(34,35)20-7-2-1-3-8-20/h1-3,7-8,10-12,15,18,21,26-27H,4-6,9,13-14,16-17H2/b15-12+/t18-,21-/m0/s1. The second kappa shape index (κ2) is 12.3. The number of hydrogen-bond donors (Lipinski definition) is 2. The average molecular weight is 601 g/mol. The number of amides is 2. The number of carbonyl (C=O) groups excluding carboxylic acids is 2. The molecule has 2 N–H and O–H groups in total. The highest BCUT2D eigenvalue weighted by molar-refractivity contribution is 7.92. The van der Waals surface area contributed by atoms with E-state index in [0.29, 0.717) is 41.6 Å². The van der Waals surface area contributed by atoms with Crippen LogP contribution in [0, 0.1) is 0 Å². The summed E-state index contributed by atoms with van der Waals surface area (Å²) in [5.74, 6) is -0.751. The normalized spacial score (nSPS) is 20.9. The summed E-state index contributed by atoms with van der Waals surface area (Å²) in [7, 11) is -7.61. The molecule has 3 heterocycles. The molecule has 1 aromatic carbocycles. The molecule has 10 nitrogen and oxygen atoms in total. The Balaban J connectivity index is 1.33. The Kier molecular flexibility index (Phi) is 9.27. The fraction of sp³-hybridized carbons (Fsp3) is 0.417. The maximum absolute atomic E-state index is 13.1. The number of nitrogens with one attached hydrogen (secondary N) is 2. The Morgan fingerprint density at radius 1 is 1.05 bits per heavy atom. The Hall–Kier alpha value is -2.29. The Morgan fingerprint density at radius 3 is 2.50 bits per heavy atom. The number of rotatable bonds is 10. The molecular weight excluding hydrogens is 572 g/mol. The van der Waals surface area contributed by atoms with Crippen LogP contribution in [0.3, 0.4) is 0 Å². The van der Waals surface area contributed by atoms with Crippen molar-refractivity contribution in [3.8, 4) is 0 Å². The largest absolute Gasteiger partial charge is 0.337 e. The van der Waals surface area contributed by atoms with Crippen LogP contribution in [0.1, 0.15) is 30.6 Å². The molecule has 0 spiro atoms. The Morgan fingerprint density at radius 2 is 1.79 bits per heavy atom. The molecule has 2 aliphatic heterocycles. The van der Waals surface area contributed by atoms with Gasteiger partial charge in [-0.05, 0) is 56.0 Å². The van der Waals surface area contributed by atoms with Gasteiger partial charge >= 0.3 is 0 Å². The van der Waals surface area contributed by atoms with Gasteiger partial charge in [-0.15, -0.1) is 11.3 Å². The number of carbonyl (C=O) groups is 2. The second-order valence-corrected chi connectivity index (χ2v) is 14.2. The van der Waals surface area contributed by atoms with Crippen molar-refractivity contribution in [3.63, 3.8) is 0 Å². The van der Waals surface area contributed by atoms with Gasteiger partial charge < -0.3 is 9.80 Å². The molecule has 0 aliphatic carbocycles. The zero-order valence-electron chi connectivity index (χ0n) is 20.5. The van der Waals surface area contributed by atoms with Crippen LogP contribution in [-0.2, 0) is 29.6 Å². The van der Waals surface area contributed by atoms with Crippen LogP contribution in [0.25, 0.3) is 6.08 Å². The van der Waals surface area contributed by atoms with Gasteiger partial charge in [-0.1, -0.05) is 29.8 Å². The zero-order valence-corrected chi connectivity index (χ0v) is 23.7. The maximum atomic E-state index is 13.1. The topological polar surface area (TPSA) is 133 Å². The molecule has 0 unspecified atom stereocenters. The summed E-state index contributed by atoms with van der Waals surface area (Å²) in [6, 6.07) is 10.1. The van der Waals surface area contributed by atoms with Crippen LogP contribution < -0.4 is 9.44 Å². The lowest BCUT2D eigenvalue weighted by molar-refractivity contribution is -0.143. The predicted molar refractivity (Wildman–Crippen MR) is 146 cm³/mol. The first kappa shape index (κ1) is 28.7. The van der Waals surface area contributed by atoms with Crippen molar-refractivity contribution in [2.45, 2.75) is 42.7 Å². The van der Waals surface area contributed by atoms with Crippen LogP contribution in [-0.4, -0.2) is 76.7 Å². The summed E-state index contributed by atoms with van der Waals surface area (Å²) < 4.78 is 55.7. The van der Waals surface area contributed by atoms with Crippen LogP contribution in [0.2, 0.25) is 4.34 Å². The van der Waals surface area contributed by atoms with E-state index in [-0.39, 0.29) is 29.9 Å². The van der Waals surface area contributed by atoms with E-state index in [0.717, 1.165) is 11.8 Å². The van der Waals surface area contributed by atoms with E-state index in [4.69, 9.17) is 11.6 Å². The third kappa shape index (κ3) is 7.42. The number of thiophene rings is 1. The van der Waals surface area contributed by atoms with E-state index in [9.17, 15) is 26.4 Å². The lowest BCUT2D eigenvalue weighted by atomic mass is 10.1. The van der Waals surface area contributed by atoms with Gasteiger partial charge in [0.15, 0.2) is 0 Å². The molecule has 2 saturated heterocycles. The summed E-state index contributed by atoms with van der Waals surface area (Å²) in [5, 5.41) is 0.998. The fourth-order valence-electron chi connectivity index (χ4n) is 4.54. The van der Waals surface area contributed by atoms with Gasteiger partial charge in [-0.25, -0.2) is 21.6 Å². The summed E-state index contributed by atoms with van der Waals surface area (Å²) >= 11 is 7.10. The number of likely N-dealkylation sites (tertiary alicyclic amines) is 2. The van der Waals surface area contributed by atoms with Crippen molar-refractivity contribution >= 4 is 60.9 Å². The molecule has 2 aromatic rings. The molecule has 4 rings (SSSR count). The van der Waals surface area contributed by atoms with Crippen molar-refractivity contribution in [1.82, 2.24) is 19.2 Å². The number of sulfonamides is 2. The third-order valence-electron chi connectivity index (χ3n) is 6.43. The summed E-state index contributed by atoms with van der Waals surface area (Å²) in [4.78, 5) is 29.9. The van der Waals surface area contributed by atoms with E-state index < -0.39 is 32.0 Å². The summed E-state index contributed by atoms with van der Waals surface area (Å²) in [5.41, 5.74) is 0. The SMILES string of the molecule is O=C1[C@@H](NS(=O)(=O)/C=C/c2ccc(Cl)s2)CCCN1CC(=O)N1CCC[C@H]1CNS(=O)(=O)c1ccccc1. The minimum atomic E-state index is -3.90. The molecule has 14 heteroatoms. The van der Waals surface area contributed by atoms with Crippen molar-refractivity contribution in [3.05, 3.63) is 57.1 Å². The van der Waals surface area contributed by atoms with E-state index >= 15 is 0 Å². The molecule has 0 radical (unpaired) electrons. The van der Waals surface area contributed by atoms with Gasteiger partial charge in [-0.2, -0.15) is 4.72 Å². The van der Waals surface area contributed by atoms with Gasteiger partial charge in [0.2, 0.25) is 31.9 Å². The minimum Gasteiger partial charge on any atom is -0.337 e. The first-order valence-electron chi connectivity index (χ1n) is 12.1. The summed E-state index contributed by atoms with van der Waals surface area (Å²) in [6.45, 7) is 0.682. The van der Waals surface area contributed by atoms with Crippen LogP contribution in [0.15, 0.2) is 52.8 Å². The third-order valence-corrected chi connectivity index (χ3v) is 10.2.